The van der Waals surface area contributed by atoms with Gasteiger partial charge in [0.1, 0.15) is 16.4 Å². The minimum Gasteiger partial charge on any atom is -0.467 e. The maximum Gasteiger partial charge on any atom is 0.308 e. The van der Waals surface area contributed by atoms with Gasteiger partial charge in [0.15, 0.2) is 0 Å². The molecule has 1 amide bonds. The third-order valence-corrected chi connectivity index (χ3v) is 4.93. The molecule has 0 atom stereocenters. The van der Waals surface area contributed by atoms with Gasteiger partial charge in [-0.05, 0) is 32.9 Å². The van der Waals surface area contributed by atoms with Crippen molar-refractivity contribution in [3.05, 3.63) is 61.4 Å². The minimum atomic E-state index is -0.288. The fourth-order valence-electron chi connectivity index (χ4n) is 2.42. The second-order valence-electron chi connectivity index (χ2n) is 5.43. The number of aryl methyl sites for hydroxylation is 2. The fourth-order valence-corrected chi connectivity index (χ4v) is 3.33. The van der Waals surface area contributed by atoms with E-state index < -0.39 is 0 Å². The van der Waals surface area contributed by atoms with Gasteiger partial charge in [-0.3, -0.25) is 14.2 Å². The molecule has 0 unspecified atom stereocenters. The number of aromatic nitrogens is 2. The molecule has 0 aromatic carbocycles. The molecule has 126 valence electrons. The topological polar surface area (TPSA) is 90.3 Å². The molecule has 3 rings (SSSR count). The van der Waals surface area contributed by atoms with E-state index in [2.05, 4.69) is 10.5 Å². The van der Waals surface area contributed by atoms with Crippen LogP contribution in [-0.4, -0.2) is 15.6 Å². The zero-order valence-corrected chi connectivity index (χ0v) is 14.4. The number of thiazole rings is 1. The van der Waals surface area contributed by atoms with E-state index in [9.17, 15) is 9.59 Å². The van der Waals surface area contributed by atoms with E-state index in [0.717, 1.165) is 22.6 Å². The summed E-state index contributed by atoms with van der Waals surface area (Å²) in [4.78, 5) is 24.8. The van der Waals surface area contributed by atoms with E-state index in [4.69, 9.17) is 8.94 Å². The summed E-state index contributed by atoms with van der Waals surface area (Å²) in [6.45, 7) is 6.02. The van der Waals surface area contributed by atoms with Crippen molar-refractivity contribution >= 4 is 17.2 Å². The monoisotopic (exact) mass is 347 g/mol. The Morgan fingerprint density at radius 2 is 2.17 bits per heavy atom. The van der Waals surface area contributed by atoms with Gasteiger partial charge in [0.05, 0.1) is 25.0 Å². The van der Waals surface area contributed by atoms with Crippen LogP contribution in [0.5, 0.6) is 0 Å². The Balaban J connectivity index is 1.81. The van der Waals surface area contributed by atoms with Gasteiger partial charge in [0.25, 0.3) is 5.91 Å². The predicted octanol–water partition coefficient (Wildman–Crippen LogP) is 2.39. The van der Waals surface area contributed by atoms with E-state index in [0.29, 0.717) is 28.6 Å². The number of nitrogens with one attached hydrogen (secondary N) is 1. The molecule has 3 aromatic rings. The lowest BCUT2D eigenvalue weighted by molar-refractivity contribution is 0.0951. The number of nitrogens with zero attached hydrogens (tertiary/aromatic N) is 2. The molecule has 0 fully saturated rings. The molecule has 8 heteroatoms. The summed E-state index contributed by atoms with van der Waals surface area (Å²) in [7, 11) is 0. The van der Waals surface area contributed by atoms with E-state index in [1.54, 1.807) is 36.8 Å². The number of carbonyl (C=O) groups excluding carboxylic acids is 1. The molecular weight excluding hydrogens is 330 g/mol. The van der Waals surface area contributed by atoms with Crippen molar-refractivity contribution in [3.8, 4) is 0 Å². The highest BCUT2D eigenvalue weighted by atomic mass is 32.1. The summed E-state index contributed by atoms with van der Waals surface area (Å²) in [5.74, 6) is 1.04. The summed E-state index contributed by atoms with van der Waals surface area (Å²) in [5, 5.41) is 6.65. The van der Waals surface area contributed by atoms with Gasteiger partial charge in [-0.1, -0.05) is 16.5 Å². The number of hydrogen-bond donors (Lipinski definition) is 1. The third kappa shape index (κ3) is 3.05. The lowest BCUT2D eigenvalue weighted by atomic mass is 10.2. The standard InChI is InChI=1S/C16H17N3O4S/c1-9-13(11(3)23-18-9)8-19-10(2)14(24-16(19)21)15(20)17-7-12-5-4-6-22-12/h4-6H,7-8H2,1-3H3,(H,17,20). The zero-order valence-electron chi connectivity index (χ0n) is 13.6. The van der Waals surface area contributed by atoms with Crippen LogP contribution in [0.3, 0.4) is 0 Å². The van der Waals surface area contributed by atoms with Crippen LogP contribution >= 0.6 is 11.3 Å². The fraction of sp³-hybridized carbons (Fsp3) is 0.312. The van der Waals surface area contributed by atoms with Crippen LogP contribution in [0.1, 0.15) is 38.1 Å². The highest BCUT2D eigenvalue weighted by Gasteiger charge is 2.20. The Kier molecular flexibility index (Phi) is 4.39. The maximum atomic E-state index is 12.3. The van der Waals surface area contributed by atoms with Crippen molar-refractivity contribution in [3.63, 3.8) is 0 Å². The Morgan fingerprint density at radius 1 is 1.38 bits per heavy atom. The third-order valence-electron chi connectivity index (χ3n) is 3.85. The summed E-state index contributed by atoms with van der Waals surface area (Å²) in [6.07, 6.45) is 1.55. The first-order chi connectivity index (χ1) is 11.5. The molecule has 7 nitrogen and oxygen atoms in total. The molecule has 3 heterocycles. The molecule has 1 N–H and O–H groups in total. The predicted molar refractivity (Wildman–Crippen MR) is 88.3 cm³/mol. The molecule has 0 spiro atoms. The Bertz CT molecular complexity index is 898. The van der Waals surface area contributed by atoms with Crippen LogP contribution < -0.4 is 10.2 Å². The number of carbonyl (C=O) groups is 1. The average Bonchev–Trinajstić information content (AvgIpc) is 3.24. The number of amides is 1. The normalized spacial score (nSPS) is 11.0. The van der Waals surface area contributed by atoms with Crippen LogP contribution in [0, 0.1) is 20.8 Å². The molecule has 0 aliphatic carbocycles. The van der Waals surface area contributed by atoms with Crippen LogP contribution in [0.2, 0.25) is 0 Å². The summed E-state index contributed by atoms with van der Waals surface area (Å²) in [5.41, 5.74) is 2.23. The molecule has 3 aromatic heterocycles. The highest BCUT2D eigenvalue weighted by molar-refractivity contribution is 7.11. The first-order valence-electron chi connectivity index (χ1n) is 7.40. The second-order valence-corrected chi connectivity index (χ2v) is 6.40. The molecule has 0 aliphatic rings. The van der Waals surface area contributed by atoms with Crippen LogP contribution in [0.4, 0.5) is 0 Å². The minimum absolute atomic E-state index is 0.185. The average molecular weight is 347 g/mol. The van der Waals surface area contributed by atoms with Gasteiger partial charge < -0.3 is 14.3 Å². The lowest BCUT2D eigenvalue weighted by Gasteiger charge is -2.06. The smallest absolute Gasteiger partial charge is 0.308 e. The SMILES string of the molecule is Cc1noc(C)c1Cn1c(C)c(C(=O)NCc2ccco2)sc1=O. The molecule has 0 bridgehead atoms. The Hall–Kier alpha value is -2.61. The van der Waals surface area contributed by atoms with Crippen LogP contribution in [-0.2, 0) is 13.1 Å². The number of hydrogen-bond acceptors (Lipinski definition) is 6. The summed E-state index contributed by atoms with van der Waals surface area (Å²) >= 11 is 0.934. The quantitative estimate of drug-likeness (QED) is 0.765. The molecule has 24 heavy (non-hydrogen) atoms. The Labute approximate surface area is 141 Å². The van der Waals surface area contributed by atoms with Gasteiger partial charge in [0.2, 0.25) is 0 Å². The molecule has 0 radical (unpaired) electrons. The zero-order chi connectivity index (χ0) is 17.3. The van der Waals surface area contributed by atoms with E-state index in [1.807, 2.05) is 6.92 Å². The molecule has 0 aliphatic heterocycles. The van der Waals surface area contributed by atoms with Crippen LogP contribution in [0.15, 0.2) is 32.1 Å². The van der Waals surface area contributed by atoms with Crippen molar-refractivity contribution in [2.24, 2.45) is 0 Å². The summed E-state index contributed by atoms with van der Waals surface area (Å²) in [6, 6.07) is 3.53. The van der Waals surface area contributed by atoms with Crippen molar-refractivity contribution in [2.75, 3.05) is 0 Å². The lowest BCUT2D eigenvalue weighted by Crippen LogP contribution is -2.23. The van der Waals surface area contributed by atoms with E-state index >= 15 is 0 Å². The maximum absolute atomic E-state index is 12.3. The van der Waals surface area contributed by atoms with Crippen molar-refractivity contribution in [2.45, 2.75) is 33.9 Å². The van der Waals surface area contributed by atoms with Gasteiger partial charge >= 0.3 is 4.87 Å². The molecule has 0 saturated carbocycles. The Morgan fingerprint density at radius 3 is 2.79 bits per heavy atom. The molecular formula is C16H17N3O4S. The van der Waals surface area contributed by atoms with Gasteiger partial charge in [-0.15, -0.1) is 0 Å². The van der Waals surface area contributed by atoms with Crippen molar-refractivity contribution in [1.29, 1.82) is 0 Å². The molecule has 0 saturated heterocycles. The number of rotatable bonds is 5. The van der Waals surface area contributed by atoms with E-state index in [-0.39, 0.29) is 17.3 Å². The van der Waals surface area contributed by atoms with Gasteiger partial charge in [0, 0.05) is 11.3 Å². The largest absolute Gasteiger partial charge is 0.467 e. The summed E-state index contributed by atoms with van der Waals surface area (Å²) < 4.78 is 11.9. The van der Waals surface area contributed by atoms with Crippen LogP contribution in [0.25, 0.3) is 0 Å². The highest BCUT2D eigenvalue weighted by Crippen LogP contribution is 2.18. The number of furan rings is 1. The first-order valence-corrected chi connectivity index (χ1v) is 8.21. The first kappa shape index (κ1) is 16.3. The second kappa shape index (κ2) is 6.48. The van der Waals surface area contributed by atoms with Crippen molar-refractivity contribution < 1.29 is 13.7 Å². The van der Waals surface area contributed by atoms with Gasteiger partial charge in [-0.25, -0.2) is 0 Å². The van der Waals surface area contributed by atoms with Gasteiger partial charge in [-0.2, -0.15) is 0 Å². The van der Waals surface area contributed by atoms with Crippen molar-refractivity contribution in [1.82, 2.24) is 15.0 Å². The van der Waals surface area contributed by atoms with E-state index in [1.165, 1.54) is 0 Å².